The second kappa shape index (κ2) is 10.1. The number of oxime groups is 1. The molecule has 0 aromatic heterocycles. The molecule has 1 aliphatic heterocycles. The van der Waals surface area contributed by atoms with Crippen LogP contribution >= 0.6 is 0 Å². The van der Waals surface area contributed by atoms with Crippen molar-refractivity contribution < 1.29 is 23.5 Å². The zero-order chi connectivity index (χ0) is 22.4. The molecule has 0 fully saturated rings. The molecule has 1 unspecified atom stereocenters. The molecule has 0 bridgehead atoms. The van der Waals surface area contributed by atoms with Crippen LogP contribution in [0.4, 0.5) is 9.18 Å². The number of methoxy groups -OCH3 is 2. The first-order valence-corrected chi connectivity index (χ1v) is 10.1. The highest BCUT2D eigenvalue weighted by molar-refractivity contribution is 6.01. The molecule has 2 amide bonds. The number of ether oxygens (including phenoxy) is 2. The Morgan fingerprint density at radius 3 is 2.55 bits per heavy atom. The number of halogens is 1. The Hall–Kier alpha value is -3.29. The maximum atomic E-state index is 13.2. The molecule has 2 aromatic rings. The maximum absolute atomic E-state index is 13.2. The normalized spacial score (nSPS) is 15.3. The maximum Gasteiger partial charge on any atom is 0.318 e. The first-order chi connectivity index (χ1) is 14.9. The van der Waals surface area contributed by atoms with Crippen molar-refractivity contribution in [1.82, 2.24) is 10.2 Å². The van der Waals surface area contributed by atoms with Crippen molar-refractivity contribution in [1.29, 1.82) is 0 Å². The van der Waals surface area contributed by atoms with E-state index in [1.165, 1.54) is 12.1 Å². The van der Waals surface area contributed by atoms with Gasteiger partial charge in [0, 0.05) is 24.6 Å². The van der Waals surface area contributed by atoms with Gasteiger partial charge < -0.3 is 24.5 Å². The largest absolute Gasteiger partial charge is 0.493 e. The van der Waals surface area contributed by atoms with Crippen molar-refractivity contribution >= 4 is 11.7 Å². The average molecular weight is 429 g/mol. The Labute approximate surface area is 181 Å². The van der Waals surface area contributed by atoms with Crippen LogP contribution < -0.4 is 14.8 Å². The van der Waals surface area contributed by atoms with Crippen molar-refractivity contribution in [3.63, 3.8) is 0 Å². The van der Waals surface area contributed by atoms with Gasteiger partial charge in [-0.3, -0.25) is 0 Å². The van der Waals surface area contributed by atoms with Gasteiger partial charge >= 0.3 is 6.03 Å². The monoisotopic (exact) mass is 429 g/mol. The van der Waals surface area contributed by atoms with E-state index >= 15 is 0 Å². The minimum Gasteiger partial charge on any atom is -0.493 e. The second-order valence-electron chi connectivity index (χ2n) is 7.65. The fraction of sp³-hybridized carbons (Fsp3) is 0.391. The van der Waals surface area contributed by atoms with Crippen LogP contribution in [-0.2, 0) is 11.4 Å². The Bertz CT molecular complexity index is 931. The Balaban J connectivity index is 1.69. The molecule has 31 heavy (non-hydrogen) atoms. The lowest BCUT2D eigenvalue weighted by molar-refractivity contribution is 0.0586. The number of nitrogens with one attached hydrogen (secondary N) is 1. The van der Waals surface area contributed by atoms with E-state index in [1.54, 1.807) is 31.3 Å². The van der Waals surface area contributed by atoms with Gasteiger partial charge in [0.1, 0.15) is 5.82 Å². The van der Waals surface area contributed by atoms with Gasteiger partial charge in [0.25, 0.3) is 0 Å². The summed E-state index contributed by atoms with van der Waals surface area (Å²) in [6.45, 7) is 4.48. The molecular formula is C23H28FN3O4. The van der Waals surface area contributed by atoms with Crippen LogP contribution in [0, 0.1) is 5.82 Å². The standard InChI is InChI=1S/C23H28FN3O4/c1-15(2)25-23(28)27(13-16-5-8-18(24)9-6-16)14-19-12-20(26-31-19)17-7-10-21(29-3)22(11-17)30-4/h5-11,15,19H,12-14H2,1-4H3,(H,25,28). The molecule has 3 rings (SSSR count). The molecule has 0 aliphatic carbocycles. The Morgan fingerprint density at radius 2 is 1.90 bits per heavy atom. The first kappa shape index (κ1) is 22.4. The zero-order valence-electron chi connectivity index (χ0n) is 18.2. The molecule has 1 aliphatic rings. The molecule has 1 heterocycles. The van der Waals surface area contributed by atoms with Crippen LogP contribution in [0.15, 0.2) is 47.6 Å². The lowest BCUT2D eigenvalue weighted by atomic mass is 10.0. The number of nitrogens with zero attached hydrogens (tertiary/aromatic N) is 2. The first-order valence-electron chi connectivity index (χ1n) is 10.1. The molecule has 1 N–H and O–H groups in total. The smallest absolute Gasteiger partial charge is 0.318 e. The minimum atomic E-state index is -0.311. The fourth-order valence-electron chi connectivity index (χ4n) is 3.33. The summed E-state index contributed by atoms with van der Waals surface area (Å²) in [5, 5.41) is 7.13. The highest BCUT2D eigenvalue weighted by Gasteiger charge is 2.27. The quantitative estimate of drug-likeness (QED) is 0.690. The van der Waals surface area contributed by atoms with Gasteiger partial charge in [0.2, 0.25) is 0 Å². The summed E-state index contributed by atoms with van der Waals surface area (Å²) in [5.74, 6) is 0.938. The van der Waals surface area contributed by atoms with Crippen LogP contribution in [0.2, 0.25) is 0 Å². The highest BCUT2D eigenvalue weighted by atomic mass is 19.1. The lowest BCUT2D eigenvalue weighted by Gasteiger charge is -2.26. The van der Waals surface area contributed by atoms with E-state index in [-0.39, 0.29) is 24.0 Å². The Morgan fingerprint density at radius 1 is 1.19 bits per heavy atom. The molecule has 0 saturated heterocycles. The molecule has 1 atom stereocenters. The van der Waals surface area contributed by atoms with Crippen molar-refractivity contribution in [2.24, 2.45) is 5.16 Å². The van der Waals surface area contributed by atoms with Crippen LogP contribution in [0.5, 0.6) is 11.5 Å². The summed E-state index contributed by atoms with van der Waals surface area (Å²) in [6.07, 6.45) is 0.256. The van der Waals surface area contributed by atoms with E-state index in [1.807, 2.05) is 32.0 Å². The molecule has 0 radical (unpaired) electrons. The SMILES string of the molecule is COc1ccc(C2=NOC(CN(Cc3ccc(F)cc3)C(=O)NC(C)C)C2)cc1OC. The van der Waals surface area contributed by atoms with E-state index in [2.05, 4.69) is 10.5 Å². The fourth-order valence-corrected chi connectivity index (χ4v) is 3.33. The number of urea groups is 1. The minimum absolute atomic E-state index is 0.00807. The van der Waals surface area contributed by atoms with Gasteiger partial charge in [-0.05, 0) is 49.7 Å². The van der Waals surface area contributed by atoms with Gasteiger partial charge in [-0.1, -0.05) is 17.3 Å². The number of amides is 2. The average Bonchev–Trinajstić information content (AvgIpc) is 3.22. The third-order valence-electron chi connectivity index (χ3n) is 4.86. The number of rotatable bonds is 8. The topological polar surface area (TPSA) is 72.4 Å². The molecule has 7 nitrogen and oxygen atoms in total. The van der Waals surface area contributed by atoms with Crippen LogP contribution in [0.25, 0.3) is 0 Å². The number of benzene rings is 2. The number of carbonyl (C=O) groups is 1. The van der Waals surface area contributed by atoms with E-state index in [4.69, 9.17) is 14.3 Å². The highest BCUT2D eigenvalue weighted by Crippen LogP contribution is 2.29. The van der Waals surface area contributed by atoms with Gasteiger partial charge in [-0.25, -0.2) is 9.18 Å². The van der Waals surface area contributed by atoms with Crippen molar-refractivity contribution in [2.75, 3.05) is 20.8 Å². The number of hydrogen-bond acceptors (Lipinski definition) is 5. The van der Waals surface area contributed by atoms with E-state index in [9.17, 15) is 9.18 Å². The van der Waals surface area contributed by atoms with Gasteiger partial charge in [0.05, 0.1) is 26.5 Å². The van der Waals surface area contributed by atoms with Gasteiger partial charge in [0.15, 0.2) is 17.6 Å². The third-order valence-corrected chi connectivity index (χ3v) is 4.86. The summed E-state index contributed by atoms with van der Waals surface area (Å²) in [7, 11) is 3.17. The molecule has 0 spiro atoms. The summed E-state index contributed by atoms with van der Waals surface area (Å²) in [6, 6.07) is 11.5. The number of hydrogen-bond donors (Lipinski definition) is 1. The predicted octanol–water partition coefficient (Wildman–Crippen LogP) is 3.96. The van der Waals surface area contributed by atoms with Crippen LogP contribution in [0.1, 0.15) is 31.4 Å². The van der Waals surface area contributed by atoms with Crippen LogP contribution in [-0.4, -0.2) is 49.6 Å². The molecule has 8 heteroatoms. The molecule has 166 valence electrons. The van der Waals surface area contributed by atoms with Crippen molar-refractivity contribution in [3.8, 4) is 11.5 Å². The molecule has 2 aromatic carbocycles. The summed E-state index contributed by atoms with van der Waals surface area (Å²) >= 11 is 0. The van der Waals surface area contributed by atoms with E-state index in [0.29, 0.717) is 31.0 Å². The van der Waals surface area contributed by atoms with E-state index in [0.717, 1.165) is 16.8 Å². The van der Waals surface area contributed by atoms with E-state index < -0.39 is 0 Å². The number of carbonyl (C=O) groups excluding carboxylic acids is 1. The zero-order valence-corrected chi connectivity index (χ0v) is 18.2. The second-order valence-corrected chi connectivity index (χ2v) is 7.65. The van der Waals surface area contributed by atoms with Crippen LogP contribution in [0.3, 0.4) is 0 Å². The van der Waals surface area contributed by atoms with Crippen molar-refractivity contribution in [3.05, 3.63) is 59.4 Å². The summed E-state index contributed by atoms with van der Waals surface area (Å²) in [5.41, 5.74) is 2.48. The molecular weight excluding hydrogens is 401 g/mol. The van der Waals surface area contributed by atoms with Gasteiger partial charge in [-0.15, -0.1) is 0 Å². The summed E-state index contributed by atoms with van der Waals surface area (Å²) < 4.78 is 23.9. The molecule has 0 saturated carbocycles. The van der Waals surface area contributed by atoms with Gasteiger partial charge in [-0.2, -0.15) is 0 Å². The Kier molecular flexibility index (Phi) is 7.33. The summed E-state index contributed by atoms with van der Waals surface area (Å²) in [4.78, 5) is 20.0. The third kappa shape index (κ3) is 5.87. The predicted molar refractivity (Wildman–Crippen MR) is 116 cm³/mol. The van der Waals surface area contributed by atoms with Crippen molar-refractivity contribution in [2.45, 2.75) is 39.0 Å². The lowest BCUT2D eigenvalue weighted by Crippen LogP contribution is -2.45.